The molecule has 0 bridgehead atoms. The molecule has 0 aliphatic heterocycles. The maximum atomic E-state index is 12.1. The highest BCUT2D eigenvalue weighted by atomic mass is 16.2. The molecule has 2 N–H and O–H groups in total. The van der Waals surface area contributed by atoms with E-state index in [1.165, 1.54) is 0 Å². The second kappa shape index (κ2) is 7.88. The van der Waals surface area contributed by atoms with E-state index in [4.69, 9.17) is 0 Å². The number of hydrazine groups is 1. The minimum Gasteiger partial charge on any atom is -0.273 e. The smallest absolute Gasteiger partial charge is 0.269 e. The van der Waals surface area contributed by atoms with Crippen LogP contribution in [0.5, 0.6) is 0 Å². The lowest BCUT2D eigenvalue weighted by molar-refractivity contribution is -0.121. The first-order chi connectivity index (χ1) is 12.2. The van der Waals surface area contributed by atoms with Gasteiger partial charge in [-0.05, 0) is 34.9 Å². The van der Waals surface area contributed by atoms with Gasteiger partial charge in [0.2, 0.25) is 5.91 Å². The number of amides is 2. The zero-order valence-corrected chi connectivity index (χ0v) is 13.5. The van der Waals surface area contributed by atoms with Crippen molar-refractivity contribution in [1.82, 2.24) is 15.8 Å². The molecule has 0 fully saturated rings. The van der Waals surface area contributed by atoms with Crippen molar-refractivity contribution in [1.29, 1.82) is 0 Å². The molecule has 5 heteroatoms. The SMILES string of the molecule is O=C(Cc1cccnc1)NNC(=O)c1ccc(-c2ccccc2)cc1. The van der Waals surface area contributed by atoms with Crippen molar-refractivity contribution < 1.29 is 9.59 Å². The monoisotopic (exact) mass is 331 g/mol. The minimum atomic E-state index is -0.362. The molecule has 5 nitrogen and oxygen atoms in total. The van der Waals surface area contributed by atoms with Gasteiger partial charge in [-0.3, -0.25) is 25.4 Å². The van der Waals surface area contributed by atoms with Crippen molar-refractivity contribution in [2.45, 2.75) is 6.42 Å². The van der Waals surface area contributed by atoms with Gasteiger partial charge >= 0.3 is 0 Å². The largest absolute Gasteiger partial charge is 0.273 e. The average molecular weight is 331 g/mol. The van der Waals surface area contributed by atoms with Gasteiger partial charge in [0.15, 0.2) is 0 Å². The molecule has 2 amide bonds. The van der Waals surface area contributed by atoms with Gasteiger partial charge in [0.05, 0.1) is 6.42 Å². The second-order valence-corrected chi connectivity index (χ2v) is 5.48. The van der Waals surface area contributed by atoms with E-state index in [9.17, 15) is 9.59 Å². The summed E-state index contributed by atoms with van der Waals surface area (Å²) in [5, 5.41) is 0. The third-order valence-electron chi connectivity index (χ3n) is 3.66. The van der Waals surface area contributed by atoms with Gasteiger partial charge in [0.1, 0.15) is 0 Å². The van der Waals surface area contributed by atoms with Crippen molar-refractivity contribution in [2.75, 3.05) is 0 Å². The van der Waals surface area contributed by atoms with Crippen LogP contribution >= 0.6 is 0 Å². The van der Waals surface area contributed by atoms with Gasteiger partial charge in [0, 0.05) is 18.0 Å². The minimum absolute atomic E-state index is 0.154. The molecule has 0 saturated heterocycles. The average Bonchev–Trinajstić information content (AvgIpc) is 2.68. The second-order valence-electron chi connectivity index (χ2n) is 5.48. The number of aromatic nitrogens is 1. The fourth-order valence-electron chi connectivity index (χ4n) is 2.38. The standard InChI is InChI=1S/C20H17N3O2/c24-19(13-15-5-4-12-21-14-15)22-23-20(25)18-10-8-17(9-11-18)16-6-2-1-3-7-16/h1-12,14H,13H2,(H,22,24)(H,23,25). The normalized spacial score (nSPS) is 10.1. The van der Waals surface area contributed by atoms with Gasteiger partial charge in [-0.25, -0.2) is 0 Å². The van der Waals surface area contributed by atoms with Crippen LogP contribution in [0.4, 0.5) is 0 Å². The van der Waals surface area contributed by atoms with Crippen LogP contribution in [0, 0.1) is 0 Å². The summed E-state index contributed by atoms with van der Waals surface area (Å²) in [5.41, 5.74) is 8.19. The number of carbonyl (C=O) groups is 2. The summed E-state index contributed by atoms with van der Waals surface area (Å²) >= 11 is 0. The highest BCUT2D eigenvalue weighted by molar-refractivity contribution is 5.96. The Kier molecular flexibility index (Phi) is 5.16. The van der Waals surface area contributed by atoms with E-state index in [1.54, 1.807) is 36.7 Å². The maximum Gasteiger partial charge on any atom is 0.269 e. The predicted molar refractivity (Wildman–Crippen MR) is 95.4 cm³/mol. The highest BCUT2D eigenvalue weighted by Gasteiger charge is 2.08. The lowest BCUT2D eigenvalue weighted by Crippen LogP contribution is -2.42. The zero-order valence-electron chi connectivity index (χ0n) is 13.5. The van der Waals surface area contributed by atoms with E-state index in [0.29, 0.717) is 5.56 Å². The van der Waals surface area contributed by atoms with E-state index < -0.39 is 0 Å². The number of benzene rings is 2. The van der Waals surface area contributed by atoms with Crippen molar-refractivity contribution in [2.24, 2.45) is 0 Å². The lowest BCUT2D eigenvalue weighted by atomic mass is 10.0. The number of carbonyl (C=O) groups excluding carboxylic acids is 2. The molecule has 3 rings (SSSR count). The first-order valence-electron chi connectivity index (χ1n) is 7.86. The van der Waals surface area contributed by atoms with E-state index in [-0.39, 0.29) is 18.2 Å². The van der Waals surface area contributed by atoms with Crippen LogP contribution in [-0.4, -0.2) is 16.8 Å². The van der Waals surface area contributed by atoms with Crippen LogP contribution in [0.25, 0.3) is 11.1 Å². The Morgan fingerprint density at radius 2 is 1.52 bits per heavy atom. The Labute approximate surface area is 145 Å². The summed E-state index contributed by atoms with van der Waals surface area (Å²) in [4.78, 5) is 27.9. The molecule has 1 heterocycles. The Hall–Kier alpha value is -3.47. The highest BCUT2D eigenvalue weighted by Crippen LogP contribution is 2.19. The molecule has 124 valence electrons. The summed E-state index contributed by atoms with van der Waals surface area (Å²) < 4.78 is 0. The quantitative estimate of drug-likeness (QED) is 0.722. The Bertz CT molecular complexity index is 847. The Morgan fingerprint density at radius 1 is 0.800 bits per heavy atom. The van der Waals surface area contributed by atoms with E-state index in [1.807, 2.05) is 42.5 Å². The number of pyridine rings is 1. The first-order valence-corrected chi connectivity index (χ1v) is 7.86. The lowest BCUT2D eigenvalue weighted by Gasteiger charge is -2.08. The summed E-state index contributed by atoms with van der Waals surface area (Å²) in [6.07, 6.45) is 3.41. The molecule has 0 radical (unpaired) electrons. The summed E-state index contributed by atoms with van der Waals surface area (Å²) in [7, 11) is 0. The molecule has 2 aromatic carbocycles. The van der Waals surface area contributed by atoms with Crippen molar-refractivity contribution in [3.63, 3.8) is 0 Å². The number of nitrogens with one attached hydrogen (secondary N) is 2. The third kappa shape index (κ3) is 4.51. The van der Waals surface area contributed by atoms with Crippen molar-refractivity contribution in [3.05, 3.63) is 90.3 Å². The molecule has 1 aromatic heterocycles. The summed E-state index contributed by atoms with van der Waals surface area (Å²) in [5.74, 6) is -0.665. The van der Waals surface area contributed by atoms with Gasteiger partial charge in [-0.2, -0.15) is 0 Å². The molecular weight excluding hydrogens is 314 g/mol. The molecule has 0 spiro atoms. The fourth-order valence-corrected chi connectivity index (χ4v) is 2.38. The van der Waals surface area contributed by atoms with Crippen LogP contribution in [0.2, 0.25) is 0 Å². The van der Waals surface area contributed by atoms with Crippen LogP contribution in [0.15, 0.2) is 79.1 Å². The molecular formula is C20H17N3O2. The number of hydrogen-bond donors (Lipinski definition) is 2. The van der Waals surface area contributed by atoms with Crippen molar-refractivity contribution >= 4 is 11.8 Å². The van der Waals surface area contributed by atoms with Crippen LogP contribution in [0.1, 0.15) is 15.9 Å². The van der Waals surface area contributed by atoms with Crippen LogP contribution in [-0.2, 0) is 11.2 Å². The molecule has 0 saturated carbocycles. The van der Waals surface area contributed by atoms with Gasteiger partial charge in [-0.15, -0.1) is 0 Å². The van der Waals surface area contributed by atoms with Gasteiger partial charge < -0.3 is 0 Å². The predicted octanol–water partition coefficient (Wildman–Crippen LogP) is 2.75. The maximum absolute atomic E-state index is 12.1. The number of nitrogens with zero attached hydrogens (tertiary/aromatic N) is 1. The molecule has 0 unspecified atom stereocenters. The molecule has 0 aliphatic rings. The van der Waals surface area contributed by atoms with E-state index in [2.05, 4.69) is 15.8 Å². The van der Waals surface area contributed by atoms with E-state index >= 15 is 0 Å². The Balaban J connectivity index is 1.55. The molecule has 0 aliphatic carbocycles. The molecule has 3 aromatic rings. The van der Waals surface area contributed by atoms with E-state index in [0.717, 1.165) is 16.7 Å². The molecule has 0 atom stereocenters. The van der Waals surface area contributed by atoms with Crippen LogP contribution in [0.3, 0.4) is 0 Å². The van der Waals surface area contributed by atoms with Crippen LogP contribution < -0.4 is 10.9 Å². The Morgan fingerprint density at radius 3 is 2.20 bits per heavy atom. The summed E-state index contributed by atoms with van der Waals surface area (Å²) in [6.45, 7) is 0. The van der Waals surface area contributed by atoms with Gasteiger partial charge in [0.25, 0.3) is 5.91 Å². The zero-order chi connectivity index (χ0) is 17.5. The fraction of sp³-hybridized carbons (Fsp3) is 0.0500. The molecule has 25 heavy (non-hydrogen) atoms. The number of rotatable bonds is 4. The van der Waals surface area contributed by atoms with Crippen molar-refractivity contribution in [3.8, 4) is 11.1 Å². The van der Waals surface area contributed by atoms with Gasteiger partial charge in [-0.1, -0.05) is 48.5 Å². The third-order valence-corrected chi connectivity index (χ3v) is 3.66. The topological polar surface area (TPSA) is 71.1 Å². The number of hydrogen-bond acceptors (Lipinski definition) is 3. The summed E-state index contributed by atoms with van der Waals surface area (Å²) in [6, 6.07) is 20.7. The first kappa shape index (κ1) is 16.4.